The van der Waals surface area contributed by atoms with Crippen LogP contribution in [-0.4, -0.2) is 102 Å². The summed E-state index contributed by atoms with van der Waals surface area (Å²) in [5.41, 5.74) is 2.43. The van der Waals surface area contributed by atoms with Crippen LogP contribution in [0.3, 0.4) is 0 Å². The number of carboxylic acids is 1. The number of benzene rings is 2. The van der Waals surface area contributed by atoms with E-state index in [1.54, 1.807) is 24.4 Å². The molecule has 3 atom stereocenters. The van der Waals surface area contributed by atoms with Gasteiger partial charge in [-0.1, -0.05) is 60.5 Å². The predicted octanol–water partition coefficient (Wildman–Crippen LogP) is 6.53. The summed E-state index contributed by atoms with van der Waals surface area (Å²) in [6.45, 7) is 4.92. The highest BCUT2D eigenvalue weighted by Crippen LogP contribution is 2.48. The Morgan fingerprint density at radius 3 is 2.60 bits per heavy atom. The van der Waals surface area contributed by atoms with E-state index in [0.29, 0.717) is 85.4 Å². The van der Waals surface area contributed by atoms with E-state index >= 15 is 0 Å². The molecular formula is C41H46Cl2N4O7S. The van der Waals surface area contributed by atoms with Crippen molar-refractivity contribution in [1.29, 1.82) is 5.26 Å². The van der Waals surface area contributed by atoms with E-state index < -0.39 is 32.3 Å². The smallest absolute Gasteiger partial charge is 0.320 e. The highest BCUT2D eigenvalue weighted by Gasteiger charge is 2.51. The van der Waals surface area contributed by atoms with Gasteiger partial charge < -0.3 is 24.2 Å². The summed E-state index contributed by atoms with van der Waals surface area (Å²) in [6, 6.07) is 16.5. The number of pyridine rings is 1. The average Bonchev–Trinajstić information content (AvgIpc) is 3.17. The Hall–Kier alpha value is -3.96. The number of carbonyl (C=O) groups is 1. The SMILES string of the molecule is CC1(Cl)C(c2ccccc2)=CC=CC1(COc1cc(OCc2cncc(C#N)c2)c(CN2CCCC[C@H]2C(=O)O)cc1Cl)OCCCN1CCS(=O)(=O)CC1. The number of nitrogens with zero attached hydrogens (tertiary/aromatic N) is 4. The Bertz CT molecular complexity index is 2040. The second kappa shape index (κ2) is 17.9. The van der Waals surface area contributed by atoms with Gasteiger partial charge in [-0.2, -0.15) is 5.26 Å². The molecule has 3 aromatic rings. The summed E-state index contributed by atoms with van der Waals surface area (Å²) in [4.78, 5) is 19.3. The molecule has 11 nitrogen and oxygen atoms in total. The molecule has 2 aliphatic heterocycles. The minimum absolute atomic E-state index is 0.0184. The molecule has 14 heteroatoms. The lowest BCUT2D eigenvalue weighted by molar-refractivity contribution is -0.144. The van der Waals surface area contributed by atoms with Crippen LogP contribution in [0.15, 0.2) is 79.2 Å². The Kier molecular flexibility index (Phi) is 13.2. The maximum absolute atomic E-state index is 12.2. The quantitative estimate of drug-likeness (QED) is 0.132. The molecule has 0 radical (unpaired) electrons. The van der Waals surface area contributed by atoms with E-state index in [2.05, 4.69) is 16.0 Å². The van der Waals surface area contributed by atoms with Gasteiger partial charge in [0.05, 0.1) is 22.1 Å². The van der Waals surface area contributed by atoms with Crippen molar-refractivity contribution in [1.82, 2.24) is 14.8 Å². The molecule has 1 aliphatic carbocycles. The molecule has 3 aliphatic rings. The molecule has 0 bridgehead atoms. The second-order valence-corrected chi connectivity index (χ2v) is 17.8. The molecule has 55 heavy (non-hydrogen) atoms. The van der Waals surface area contributed by atoms with Crippen molar-refractivity contribution in [3.8, 4) is 17.6 Å². The fourth-order valence-electron chi connectivity index (χ4n) is 7.35. The summed E-state index contributed by atoms with van der Waals surface area (Å²) in [5, 5.41) is 19.7. The number of piperidine rings is 1. The molecule has 0 saturated carbocycles. The van der Waals surface area contributed by atoms with Crippen LogP contribution in [0.4, 0.5) is 0 Å². The van der Waals surface area contributed by atoms with E-state index in [1.807, 2.05) is 60.4 Å². The topological polar surface area (TPSA) is 142 Å². The minimum Gasteiger partial charge on any atom is -0.488 e. The van der Waals surface area contributed by atoms with Gasteiger partial charge in [-0.25, -0.2) is 8.42 Å². The number of aliphatic carboxylic acids is 1. The number of allylic oxidation sites excluding steroid dienone is 2. The van der Waals surface area contributed by atoms with E-state index in [1.165, 1.54) is 6.20 Å². The Morgan fingerprint density at radius 2 is 1.85 bits per heavy atom. The van der Waals surface area contributed by atoms with Crippen LogP contribution in [0.25, 0.3) is 5.57 Å². The van der Waals surface area contributed by atoms with Crippen molar-refractivity contribution in [3.05, 3.63) is 106 Å². The number of sulfone groups is 1. The monoisotopic (exact) mass is 808 g/mol. The van der Waals surface area contributed by atoms with Crippen LogP contribution in [0.2, 0.25) is 5.02 Å². The van der Waals surface area contributed by atoms with Crippen molar-refractivity contribution in [2.75, 3.05) is 50.9 Å². The van der Waals surface area contributed by atoms with Gasteiger partial charge in [0.1, 0.15) is 47.3 Å². The molecule has 2 saturated heterocycles. The largest absolute Gasteiger partial charge is 0.488 e. The summed E-state index contributed by atoms with van der Waals surface area (Å²) < 4.78 is 43.6. The molecule has 292 valence electrons. The van der Waals surface area contributed by atoms with Crippen LogP contribution in [0, 0.1) is 11.3 Å². The first kappa shape index (κ1) is 40.7. The number of carboxylic acid groups (broad SMARTS) is 1. The van der Waals surface area contributed by atoms with E-state index in [0.717, 1.165) is 24.0 Å². The van der Waals surface area contributed by atoms with Gasteiger partial charge in [0.2, 0.25) is 0 Å². The number of nitriles is 1. The van der Waals surface area contributed by atoms with Gasteiger partial charge in [0, 0.05) is 62.4 Å². The van der Waals surface area contributed by atoms with Crippen LogP contribution >= 0.6 is 23.2 Å². The Labute approximate surface area is 333 Å². The number of rotatable bonds is 15. The normalized spacial score (nSPS) is 24.1. The number of ether oxygens (including phenoxy) is 3. The number of alkyl halides is 1. The molecule has 6 rings (SSSR count). The molecular weight excluding hydrogens is 763 g/mol. The maximum Gasteiger partial charge on any atom is 0.320 e. The van der Waals surface area contributed by atoms with Crippen LogP contribution in [0.5, 0.6) is 11.5 Å². The van der Waals surface area contributed by atoms with Crippen LogP contribution in [0.1, 0.15) is 54.9 Å². The average molecular weight is 810 g/mol. The summed E-state index contributed by atoms with van der Waals surface area (Å²) in [5.74, 6) is 0.229. The van der Waals surface area contributed by atoms with Crippen molar-refractivity contribution in [2.24, 2.45) is 0 Å². The molecule has 1 aromatic heterocycles. The zero-order valence-corrected chi connectivity index (χ0v) is 33.2. The molecule has 0 spiro atoms. The van der Waals surface area contributed by atoms with Crippen molar-refractivity contribution in [3.63, 3.8) is 0 Å². The fraction of sp³-hybridized carbons (Fsp3) is 0.439. The Balaban J connectivity index is 1.27. The highest BCUT2D eigenvalue weighted by molar-refractivity contribution is 7.91. The minimum atomic E-state index is -2.98. The molecule has 3 heterocycles. The third kappa shape index (κ3) is 9.89. The number of likely N-dealkylation sites (tertiary alicyclic amines) is 1. The lowest BCUT2D eigenvalue weighted by Gasteiger charge is -2.45. The van der Waals surface area contributed by atoms with Crippen LogP contribution < -0.4 is 9.47 Å². The summed E-state index contributed by atoms with van der Waals surface area (Å²) in [6.07, 6.45) is 11.8. The zero-order valence-electron chi connectivity index (χ0n) is 30.8. The van der Waals surface area contributed by atoms with Gasteiger partial charge in [0.15, 0.2) is 9.84 Å². The predicted molar refractivity (Wildman–Crippen MR) is 212 cm³/mol. The van der Waals surface area contributed by atoms with Crippen molar-refractivity contribution in [2.45, 2.75) is 62.3 Å². The van der Waals surface area contributed by atoms with Gasteiger partial charge in [-0.3, -0.25) is 14.7 Å². The molecule has 2 fully saturated rings. The lowest BCUT2D eigenvalue weighted by atomic mass is 9.76. The van der Waals surface area contributed by atoms with Crippen LogP contribution in [-0.2, 0) is 32.5 Å². The number of hydrogen-bond donors (Lipinski definition) is 1. The maximum atomic E-state index is 12.2. The fourth-order valence-corrected chi connectivity index (χ4v) is 9.21. The van der Waals surface area contributed by atoms with E-state index in [9.17, 15) is 23.6 Å². The molecule has 2 unspecified atom stereocenters. The zero-order chi connectivity index (χ0) is 39.1. The number of hydrogen-bond acceptors (Lipinski definition) is 10. The third-order valence-corrected chi connectivity index (χ3v) is 13.0. The first-order chi connectivity index (χ1) is 26.4. The molecule has 0 amide bonds. The third-order valence-electron chi connectivity index (χ3n) is 10.6. The number of halogens is 2. The highest BCUT2D eigenvalue weighted by atomic mass is 35.5. The van der Waals surface area contributed by atoms with E-state index in [4.69, 9.17) is 37.4 Å². The van der Waals surface area contributed by atoms with Crippen molar-refractivity contribution < 1.29 is 32.5 Å². The molecule has 1 N–H and O–H groups in total. The number of aromatic nitrogens is 1. The van der Waals surface area contributed by atoms with Crippen molar-refractivity contribution >= 4 is 44.6 Å². The Morgan fingerprint density at radius 1 is 1.07 bits per heavy atom. The summed E-state index contributed by atoms with van der Waals surface area (Å²) >= 11 is 14.5. The second-order valence-electron chi connectivity index (χ2n) is 14.4. The van der Waals surface area contributed by atoms with Gasteiger partial charge >= 0.3 is 5.97 Å². The van der Waals surface area contributed by atoms with Gasteiger partial charge in [-0.15, -0.1) is 11.6 Å². The first-order valence-corrected chi connectivity index (χ1v) is 21.1. The summed E-state index contributed by atoms with van der Waals surface area (Å²) in [7, 11) is -2.98. The molecule has 2 aromatic carbocycles. The van der Waals surface area contributed by atoms with Gasteiger partial charge in [-0.05, 0) is 62.1 Å². The van der Waals surface area contributed by atoms with E-state index in [-0.39, 0.29) is 24.7 Å². The van der Waals surface area contributed by atoms with Gasteiger partial charge in [0.25, 0.3) is 0 Å². The lowest BCUT2D eigenvalue weighted by Crippen LogP contribution is -2.55. The standard InChI is InChI=1S/C41H46Cl2N4O7S/c1-40(43)34(32-9-3-2-4-10-32)11-7-13-41(40,54-18-8-14-46-16-19-55(50,51)20-17-46)29-53-38-23-37(52-28-31-21-30(24-44)25-45-26-31)33(22-35(38)42)27-47-15-6-5-12-36(47)39(48)49/h2-4,7,9-11,13,21-23,25-26,36H,5-6,8,12,14-20,27-29H2,1H3,(H,48,49)/t36-,40?,41?/m0/s1. The first-order valence-electron chi connectivity index (χ1n) is 18.5.